The Kier molecular flexibility index (Phi) is 2.04. The molecule has 0 radical (unpaired) electrons. The van der Waals surface area contributed by atoms with Gasteiger partial charge in [0.1, 0.15) is 0 Å². The summed E-state index contributed by atoms with van der Waals surface area (Å²) in [5.41, 5.74) is 0. The highest BCUT2D eigenvalue weighted by molar-refractivity contribution is 7.80. The SMILES string of the molecule is CC(C)C1CC(=O)OC1=S. The van der Waals surface area contributed by atoms with E-state index in [2.05, 4.69) is 0 Å². The van der Waals surface area contributed by atoms with Gasteiger partial charge in [-0.05, 0) is 18.1 Å². The van der Waals surface area contributed by atoms with E-state index < -0.39 is 0 Å². The van der Waals surface area contributed by atoms with E-state index in [1.54, 1.807) is 0 Å². The van der Waals surface area contributed by atoms with Crippen molar-refractivity contribution in [2.75, 3.05) is 0 Å². The van der Waals surface area contributed by atoms with Crippen molar-refractivity contribution >= 4 is 23.2 Å². The number of cyclic esters (lactones) is 1. The predicted molar refractivity (Wildman–Crippen MR) is 41.6 cm³/mol. The summed E-state index contributed by atoms with van der Waals surface area (Å²) in [6.45, 7) is 4.08. The second kappa shape index (κ2) is 2.66. The molecule has 1 saturated heterocycles. The van der Waals surface area contributed by atoms with Gasteiger partial charge in [-0.1, -0.05) is 13.8 Å². The molecular weight excluding hydrogens is 148 g/mol. The molecule has 1 unspecified atom stereocenters. The van der Waals surface area contributed by atoms with E-state index in [0.29, 0.717) is 17.4 Å². The summed E-state index contributed by atoms with van der Waals surface area (Å²) < 4.78 is 4.73. The zero-order chi connectivity index (χ0) is 7.72. The average Bonchev–Trinajstić information content (AvgIpc) is 2.10. The van der Waals surface area contributed by atoms with Crippen LogP contribution >= 0.6 is 12.2 Å². The third kappa shape index (κ3) is 1.34. The van der Waals surface area contributed by atoms with E-state index in [1.807, 2.05) is 13.8 Å². The standard InChI is InChI=1S/C7H10O2S/c1-4(2)5-3-6(8)9-7(5)10/h4-5H,3H2,1-2H3. The van der Waals surface area contributed by atoms with Gasteiger partial charge in [0.2, 0.25) is 0 Å². The molecular formula is C7H10O2S. The molecule has 0 spiro atoms. The van der Waals surface area contributed by atoms with Crippen LogP contribution in [0, 0.1) is 11.8 Å². The van der Waals surface area contributed by atoms with Crippen molar-refractivity contribution in [3.05, 3.63) is 0 Å². The predicted octanol–water partition coefficient (Wildman–Crippen LogP) is 1.53. The zero-order valence-corrected chi connectivity index (χ0v) is 6.90. The number of hydrogen-bond acceptors (Lipinski definition) is 3. The van der Waals surface area contributed by atoms with Gasteiger partial charge in [0, 0.05) is 5.92 Å². The molecule has 2 nitrogen and oxygen atoms in total. The molecule has 56 valence electrons. The van der Waals surface area contributed by atoms with Gasteiger partial charge in [-0.3, -0.25) is 4.79 Å². The van der Waals surface area contributed by atoms with Crippen LogP contribution in [0.2, 0.25) is 0 Å². The van der Waals surface area contributed by atoms with E-state index in [1.165, 1.54) is 0 Å². The molecule has 0 bridgehead atoms. The highest BCUT2D eigenvalue weighted by Crippen LogP contribution is 2.24. The Labute approximate surface area is 65.6 Å². The highest BCUT2D eigenvalue weighted by atomic mass is 32.1. The molecule has 0 aromatic carbocycles. The van der Waals surface area contributed by atoms with Crippen LogP contribution in [0.25, 0.3) is 0 Å². The van der Waals surface area contributed by atoms with Gasteiger partial charge in [0.25, 0.3) is 0 Å². The van der Waals surface area contributed by atoms with Crippen LogP contribution in [0.5, 0.6) is 0 Å². The second-order valence-electron chi connectivity index (χ2n) is 2.85. The van der Waals surface area contributed by atoms with E-state index in [4.69, 9.17) is 17.0 Å². The van der Waals surface area contributed by atoms with Crippen LogP contribution in [-0.2, 0) is 9.53 Å². The first-order valence-electron chi connectivity index (χ1n) is 3.36. The maximum Gasteiger partial charge on any atom is 0.312 e. The van der Waals surface area contributed by atoms with Crippen molar-refractivity contribution in [3.8, 4) is 0 Å². The molecule has 10 heavy (non-hydrogen) atoms. The summed E-state index contributed by atoms with van der Waals surface area (Å²) in [6.07, 6.45) is 0.469. The number of thiocarbonyl (C=S) groups is 1. The summed E-state index contributed by atoms with van der Waals surface area (Å²) in [5, 5.41) is 0.472. The Bertz CT molecular complexity index is 174. The van der Waals surface area contributed by atoms with Crippen molar-refractivity contribution in [1.29, 1.82) is 0 Å². The Morgan fingerprint density at radius 3 is 2.50 bits per heavy atom. The minimum absolute atomic E-state index is 0.169. The summed E-state index contributed by atoms with van der Waals surface area (Å²) in [7, 11) is 0. The first-order chi connectivity index (χ1) is 4.61. The summed E-state index contributed by atoms with van der Waals surface area (Å²) >= 11 is 4.85. The molecule has 3 heteroatoms. The number of carbonyl (C=O) groups is 1. The fourth-order valence-electron chi connectivity index (χ4n) is 1.00. The minimum atomic E-state index is -0.177. The van der Waals surface area contributed by atoms with Gasteiger partial charge >= 0.3 is 5.97 Å². The molecule has 1 heterocycles. The van der Waals surface area contributed by atoms with Crippen LogP contribution in [0.3, 0.4) is 0 Å². The average molecular weight is 158 g/mol. The normalized spacial score (nSPS) is 25.7. The van der Waals surface area contributed by atoms with Crippen molar-refractivity contribution in [1.82, 2.24) is 0 Å². The lowest BCUT2D eigenvalue weighted by Crippen LogP contribution is -2.11. The van der Waals surface area contributed by atoms with E-state index in [9.17, 15) is 4.79 Å². The molecule has 0 saturated carbocycles. The Hall–Kier alpha value is -0.440. The number of carbonyl (C=O) groups excluding carboxylic acids is 1. The van der Waals surface area contributed by atoms with Gasteiger partial charge in [0.05, 0.1) is 6.42 Å². The fourth-order valence-corrected chi connectivity index (χ4v) is 1.45. The molecule has 1 fully saturated rings. The number of hydrogen-bond donors (Lipinski definition) is 0. The van der Waals surface area contributed by atoms with E-state index in [0.717, 1.165) is 0 Å². The lowest BCUT2D eigenvalue weighted by Gasteiger charge is -2.08. The Morgan fingerprint density at radius 2 is 2.30 bits per heavy atom. The lowest BCUT2D eigenvalue weighted by molar-refractivity contribution is -0.133. The Balaban J connectivity index is 2.63. The van der Waals surface area contributed by atoms with E-state index in [-0.39, 0.29) is 11.9 Å². The Morgan fingerprint density at radius 1 is 1.70 bits per heavy atom. The number of rotatable bonds is 1. The number of esters is 1. The van der Waals surface area contributed by atoms with Gasteiger partial charge in [-0.15, -0.1) is 0 Å². The number of ether oxygens (including phenoxy) is 1. The quantitative estimate of drug-likeness (QED) is 0.427. The largest absolute Gasteiger partial charge is 0.419 e. The first kappa shape index (κ1) is 7.66. The fraction of sp³-hybridized carbons (Fsp3) is 0.714. The molecule has 1 rings (SSSR count). The molecule has 1 aliphatic rings. The van der Waals surface area contributed by atoms with Crippen LogP contribution in [0.1, 0.15) is 20.3 Å². The van der Waals surface area contributed by atoms with Crippen LogP contribution in [0.4, 0.5) is 0 Å². The monoisotopic (exact) mass is 158 g/mol. The van der Waals surface area contributed by atoms with Gasteiger partial charge in [0.15, 0.2) is 5.05 Å². The van der Waals surface area contributed by atoms with E-state index >= 15 is 0 Å². The molecule has 0 N–H and O–H groups in total. The second-order valence-corrected chi connectivity index (χ2v) is 3.25. The maximum atomic E-state index is 10.7. The summed E-state index contributed by atoms with van der Waals surface area (Å²) in [6, 6.07) is 0. The van der Waals surface area contributed by atoms with Gasteiger partial charge < -0.3 is 4.74 Å². The lowest BCUT2D eigenvalue weighted by atomic mass is 9.95. The smallest absolute Gasteiger partial charge is 0.312 e. The molecule has 0 aromatic rings. The molecule has 0 aliphatic carbocycles. The molecule has 0 amide bonds. The summed E-state index contributed by atoms with van der Waals surface area (Å²) in [5.74, 6) is 0.408. The summed E-state index contributed by atoms with van der Waals surface area (Å²) in [4.78, 5) is 10.7. The first-order valence-corrected chi connectivity index (χ1v) is 3.76. The maximum absolute atomic E-state index is 10.7. The third-order valence-electron chi connectivity index (χ3n) is 1.71. The van der Waals surface area contributed by atoms with Crippen molar-refractivity contribution < 1.29 is 9.53 Å². The zero-order valence-electron chi connectivity index (χ0n) is 6.09. The van der Waals surface area contributed by atoms with Crippen LogP contribution in [0.15, 0.2) is 0 Å². The van der Waals surface area contributed by atoms with Crippen LogP contribution in [-0.4, -0.2) is 11.0 Å². The topological polar surface area (TPSA) is 26.3 Å². The third-order valence-corrected chi connectivity index (χ3v) is 2.09. The van der Waals surface area contributed by atoms with Gasteiger partial charge in [-0.2, -0.15) is 0 Å². The minimum Gasteiger partial charge on any atom is -0.419 e. The molecule has 1 aliphatic heterocycles. The van der Waals surface area contributed by atoms with Crippen LogP contribution < -0.4 is 0 Å². The van der Waals surface area contributed by atoms with Crippen molar-refractivity contribution in [2.24, 2.45) is 11.8 Å². The van der Waals surface area contributed by atoms with Gasteiger partial charge in [-0.25, -0.2) is 0 Å². The van der Waals surface area contributed by atoms with Crippen molar-refractivity contribution in [2.45, 2.75) is 20.3 Å². The molecule has 1 atom stereocenters. The highest BCUT2D eigenvalue weighted by Gasteiger charge is 2.31. The molecule has 0 aromatic heterocycles. The van der Waals surface area contributed by atoms with Crippen molar-refractivity contribution in [3.63, 3.8) is 0 Å².